The molecule has 0 atom stereocenters. The molecule has 0 radical (unpaired) electrons. The van der Waals surface area contributed by atoms with Crippen LogP contribution in [0.5, 0.6) is 5.75 Å². The van der Waals surface area contributed by atoms with Crippen molar-refractivity contribution in [2.75, 3.05) is 10.2 Å². The molecule has 0 fully saturated rings. The maximum atomic E-state index is 13.8. The van der Waals surface area contributed by atoms with Crippen LogP contribution < -0.4 is 15.0 Å². The first-order valence-electron chi connectivity index (χ1n) is 10.3. The second kappa shape index (κ2) is 8.67. The van der Waals surface area contributed by atoms with Crippen molar-refractivity contribution in [1.29, 1.82) is 0 Å². The standard InChI is InChI=1S/C26H23FN2O3/c1-16(2)32-22-13-11-20(12-14-22)28-24-23(18-9-7-17(3)8-10-18)25(30)29(26(24)31)21-6-4-5-19(27)15-21/h4-16,28H,1-3H3. The normalized spacial score (nSPS) is 13.8. The number of hydrogen-bond donors (Lipinski definition) is 1. The molecule has 0 aliphatic carbocycles. The number of carbonyl (C=O) groups excluding carboxylic acids is 2. The number of ether oxygens (including phenoxy) is 1. The van der Waals surface area contributed by atoms with Crippen molar-refractivity contribution in [3.8, 4) is 5.75 Å². The van der Waals surface area contributed by atoms with E-state index in [2.05, 4.69) is 5.32 Å². The summed E-state index contributed by atoms with van der Waals surface area (Å²) in [6.07, 6.45) is 0.0403. The largest absolute Gasteiger partial charge is 0.491 e. The first kappa shape index (κ1) is 21.3. The minimum Gasteiger partial charge on any atom is -0.491 e. The number of nitrogens with zero attached hydrogens (tertiary/aromatic N) is 1. The van der Waals surface area contributed by atoms with Crippen molar-refractivity contribution >= 4 is 28.8 Å². The Morgan fingerprint density at radius 1 is 0.906 bits per heavy atom. The molecule has 162 valence electrons. The van der Waals surface area contributed by atoms with Crippen molar-refractivity contribution in [3.63, 3.8) is 0 Å². The zero-order chi connectivity index (χ0) is 22.8. The molecule has 4 rings (SSSR count). The summed E-state index contributed by atoms with van der Waals surface area (Å²) < 4.78 is 19.5. The van der Waals surface area contributed by atoms with E-state index in [1.807, 2.05) is 32.9 Å². The van der Waals surface area contributed by atoms with Crippen molar-refractivity contribution < 1.29 is 18.7 Å². The number of nitrogens with one attached hydrogen (secondary N) is 1. The average Bonchev–Trinajstić information content (AvgIpc) is 2.99. The van der Waals surface area contributed by atoms with Gasteiger partial charge in [-0.25, -0.2) is 9.29 Å². The van der Waals surface area contributed by atoms with Gasteiger partial charge < -0.3 is 10.1 Å². The molecule has 0 bridgehead atoms. The number of carbonyl (C=O) groups is 2. The predicted molar refractivity (Wildman–Crippen MR) is 123 cm³/mol. The number of aryl methyl sites for hydroxylation is 1. The van der Waals surface area contributed by atoms with Gasteiger partial charge in [0.1, 0.15) is 17.3 Å². The highest BCUT2D eigenvalue weighted by Crippen LogP contribution is 2.34. The van der Waals surface area contributed by atoms with Gasteiger partial charge in [-0.15, -0.1) is 0 Å². The molecule has 1 aliphatic heterocycles. The molecule has 32 heavy (non-hydrogen) atoms. The second-order valence-electron chi connectivity index (χ2n) is 7.86. The van der Waals surface area contributed by atoms with E-state index in [1.165, 1.54) is 24.3 Å². The van der Waals surface area contributed by atoms with Crippen LogP contribution in [-0.4, -0.2) is 17.9 Å². The van der Waals surface area contributed by atoms with Crippen LogP contribution in [0.2, 0.25) is 0 Å². The van der Waals surface area contributed by atoms with Crippen LogP contribution >= 0.6 is 0 Å². The third kappa shape index (κ3) is 4.25. The Morgan fingerprint density at radius 3 is 2.22 bits per heavy atom. The van der Waals surface area contributed by atoms with Crippen LogP contribution in [-0.2, 0) is 9.59 Å². The van der Waals surface area contributed by atoms with Gasteiger partial charge in [0, 0.05) is 5.69 Å². The summed E-state index contributed by atoms with van der Waals surface area (Å²) in [5, 5.41) is 3.10. The minimum atomic E-state index is -0.543. The third-order valence-corrected chi connectivity index (χ3v) is 4.99. The van der Waals surface area contributed by atoms with Crippen molar-refractivity contribution in [2.24, 2.45) is 0 Å². The molecule has 0 unspecified atom stereocenters. The molecule has 3 aromatic rings. The monoisotopic (exact) mass is 430 g/mol. The molecule has 1 N–H and O–H groups in total. The fourth-order valence-electron chi connectivity index (χ4n) is 3.52. The lowest BCUT2D eigenvalue weighted by Crippen LogP contribution is -2.32. The molecule has 3 aromatic carbocycles. The Hall–Kier alpha value is -3.93. The van der Waals surface area contributed by atoms with E-state index in [4.69, 9.17) is 4.74 Å². The van der Waals surface area contributed by atoms with E-state index < -0.39 is 17.6 Å². The van der Waals surface area contributed by atoms with Crippen LogP contribution in [0.4, 0.5) is 15.8 Å². The van der Waals surface area contributed by atoms with Gasteiger partial charge in [-0.2, -0.15) is 0 Å². The fraction of sp³-hybridized carbons (Fsp3) is 0.154. The molecule has 5 nitrogen and oxygen atoms in total. The molecule has 1 heterocycles. The van der Waals surface area contributed by atoms with Crippen LogP contribution in [0.3, 0.4) is 0 Å². The summed E-state index contributed by atoms with van der Waals surface area (Å²) in [6.45, 7) is 5.82. The SMILES string of the molecule is Cc1ccc(C2=C(Nc3ccc(OC(C)C)cc3)C(=O)N(c3cccc(F)c3)C2=O)cc1. The molecular formula is C26H23FN2O3. The minimum absolute atomic E-state index is 0.0403. The molecule has 0 saturated heterocycles. The quantitative estimate of drug-likeness (QED) is 0.538. The summed E-state index contributed by atoms with van der Waals surface area (Å²) in [4.78, 5) is 27.7. The van der Waals surface area contributed by atoms with E-state index >= 15 is 0 Å². The van der Waals surface area contributed by atoms with E-state index in [-0.39, 0.29) is 23.1 Å². The van der Waals surface area contributed by atoms with Crippen molar-refractivity contribution in [1.82, 2.24) is 0 Å². The maximum absolute atomic E-state index is 13.8. The molecule has 2 amide bonds. The number of imide groups is 1. The highest BCUT2D eigenvalue weighted by atomic mass is 19.1. The van der Waals surface area contributed by atoms with E-state index in [1.54, 1.807) is 36.4 Å². The van der Waals surface area contributed by atoms with Gasteiger partial charge in [-0.1, -0.05) is 35.9 Å². The topological polar surface area (TPSA) is 58.6 Å². The lowest BCUT2D eigenvalue weighted by atomic mass is 10.0. The van der Waals surface area contributed by atoms with Crippen LogP contribution in [0.15, 0.2) is 78.5 Å². The van der Waals surface area contributed by atoms with Crippen LogP contribution in [0.1, 0.15) is 25.0 Å². The summed E-state index contributed by atoms with van der Waals surface area (Å²) in [6, 6.07) is 19.9. The van der Waals surface area contributed by atoms with Gasteiger partial charge >= 0.3 is 0 Å². The van der Waals surface area contributed by atoms with Gasteiger partial charge in [0.2, 0.25) is 0 Å². The summed E-state index contributed by atoms with van der Waals surface area (Å²) in [7, 11) is 0. The van der Waals surface area contributed by atoms with E-state index in [9.17, 15) is 14.0 Å². The molecule has 0 aromatic heterocycles. The molecule has 0 spiro atoms. The Kier molecular flexibility index (Phi) is 5.77. The first-order chi connectivity index (χ1) is 15.3. The van der Waals surface area contributed by atoms with E-state index in [0.29, 0.717) is 17.0 Å². The Labute approximate surface area is 186 Å². The predicted octanol–water partition coefficient (Wildman–Crippen LogP) is 5.32. The number of hydrogen-bond acceptors (Lipinski definition) is 4. The van der Waals surface area contributed by atoms with Gasteiger partial charge in [-0.3, -0.25) is 9.59 Å². The van der Waals surface area contributed by atoms with Crippen LogP contribution in [0.25, 0.3) is 5.57 Å². The van der Waals surface area contributed by atoms with Gasteiger partial charge in [-0.05, 0) is 68.8 Å². The highest BCUT2D eigenvalue weighted by molar-refractivity contribution is 6.46. The zero-order valence-electron chi connectivity index (χ0n) is 18.1. The fourth-order valence-corrected chi connectivity index (χ4v) is 3.52. The number of amides is 2. The summed E-state index contributed by atoms with van der Waals surface area (Å²) in [5.74, 6) is -0.874. The number of rotatable bonds is 6. The third-order valence-electron chi connectivity index (χ3n) is 4.99. The smallest absolute Gasteiger partial charge is 0.282 e. The second-order valence-corrected chi connectivity index (χ2v) is 7.86. The number of halogens is 1. The Bertz CT molecular complexity index is 1200. The maximum Gasteiger partial charge on any atom is 0.282 e. The van der Waals surface area contributed by atoms with E-state index in [0.717, 1.165) is 10.5 Å². The number of anilines is 2. The summed E-state index contributed by atoms with van der Waals surface area (Å²) >= 11 is 0. The Balaban J connectivity index is 1.74. The van der Waals surface area contributed by atoms with Crippen LogP contribution in [0, 0.1) is 12.7 Å². The number of benzene rings is 3. The first-order valence-corrected chi connectivity index (χ1v) is 10.3. The lowest BCUT2D eigenvalue weighted by Gasteiger charge is -2.15. The highest BCUT2D eigenvalue weighted by Gasteiger charge is 2.40. The van der Waals surface area contributed by atoms with Gasteiger partial charge in [0.25, 0.3) is 11.8 Å². The van der Waals surface area contributed by atoms with Crippen molar-refractivity contribution in [2.45, 2.75) is 26.9 Å². The Morgan fingerprint density at radius 2 is 1.59 bits per heavy atom. The van der Waals surface area contributed by atoms with Crippen molar-refractivity contribution in [3.05, 3.63) is 95.4 Å². The molecule has 0 saturated carbocycles. The average molecular weight is 430 g/mol. The molecule has 6 heteroatoms. The molecule has 1 aliphatic rings. The lowest BCUT2D eigenvalue weighted by molar-refractivity contribution is -0.120. The zero-order valence-corrected chi connectivity index (χ0v) is 18.1. The van der Waals surface area contributed by atoms with Gasteiger partial charge in [0.05, 0.1) is 17.4 Å². The van der Waals surface area contributed by atoms with Gasteiger partial charge in [0.15, 0.2) is 0 Å². The summed E-state index contributed by atoms with van der Waals surface area (Å²) in [5.41, 5.74) is 2.82. The molecular weight excluding hydrogens is 407 g/mol.